The summed E-state index contributed by atoms with van der Waals surface area (Å²) in [6, 6.07) is 7.12. The molecule has 0 spiro atoms. The van der Waals surface area contributed by atoms with E-state index in [1.54, 1.807) is 0 Å². The molecular formula is C17H20F2N2. The standard InChI is InChI=1S/C17H20F2N2/c1-10-6-11(2)14(12(3)7-10)9-17(21-20)15-8-13(18)4-5-16(15)19/h4-8,17,21H,9,20H2,1-3H3. The summed E-state index contributed by atoms with van der Waals surface area (Å²) in [5.74, 6) is 4.64. The average molecular weight is 290 g/mol. The second-order valence-corrected chi connectivity index (χ2v) is 5.47. The summed E-state index contributed by atoms with van der Waals surface area (Å²) in [6.45, 7) is 6.07. The fourth-order valence-corrected chi connectivity index (χ4v) is 2.78. The summed E-state index contributed by atoms with van der Waals surface area (Å²) in [4.78, 5) is 0. The lowest BCUT2D eigenvalue weighted by atomic mass is 9.91. The van der Waals surface area contributed by atoms with Gasteiger partial charge in [-0.25, -0.2) is 8.78 Å². The zero-order valence-corrected chi connectivity index (χ0v) is 12.5. The molecule has 0 bridgehead atoms. The Bertz CT molecular complexity index is 630. The van der Waals surface area contributed by atoms with Crippen LogP contribution in [0.15, 0.2) is 30.3 Å². The molecule has 2 nitrogen and oxygen atoms in total. The van der Waals surface area contributed by atoms with Crippen LogP contribution >= 0.6 is 0 Å². The topological polar surface area (TPSA) is 38.0 Å². The largest absolute Gasteiger partial charge is 0.271 e. The first-order chi connectivity index (χ1) is 9.92. The molecule has 0 radical (unpaired) electrons. The monoisotopic (exact) mass is 290 g/mol. The van der Waals surface area contributed by atoms with Crippen molar-refractivity contribution in [1.82, 2.24) is 5.43 Å². The number of hydrazine groups is 1. The maximum atomic E-state index is 13.9. The maximum absolute atomic E-state index is 13.9. The molecular weight excluding hydrogens is 270 g/mol. The Morgan fingerprint density at radius 1 is 1.05 bits per heavy atom. The van der Waals surface area contributed by atoms with Gasteiger partial charge in [0, 0.05) is 5.56 Å². The Morgan fingerprint density at radius 2 is 1.67 bits per heavy atom. The quantitative estimate of drug-likeness (QED) is 0.666. The van der Waals surface area contributed by atoms with E-state index in [-0.39, 0.29) is 5.56 Å². The van der Waals surface area contributed by atoms with Crippen LogP contribution in [0.3, 0.4) is 0 Å². The number of halogens is 2. The highest BCUT2D eigenvalue weighted by Gasteiger charge is 2.18. The van der Waals surface area contributed by atoms with E-state index in [1.165, 1.54) is 11.6 Å². The van der Waals surface area contributed by atoms with Gasteiger partial charge < -0.3 is 0 Å². The van der Waals surface area contributed by atoms with Crippen LogP contribution in [0.4, 0.5) is 8.78 Å². The van der Waals surface area contributed by atoms with Crippen molar-refractivity contribution >= 4 is 0 Å². The number of rotatable bonds is 4. The SMILES string of the molecule is Cc1cc(C)c(CC(NN)c2cc(F)ccc2F)c(C)c1. The molecule has 112 valence electrons. The third-order valence-electron chi connectivity index (χ3n) is 3.78. The van der Waals surface area contributed by atoms with E-state index in [0.29, 0.717) is 6.42 Å². The highest BCUT2D eigenvalue weighted by molar-refractivity contribution is 5.39. The lowest BCUT2D eigenvalue weighted by Gasteiger charge is -2.20. The molecule has 0 amide bonds. The molecule has 2 aromatic rings. The minimum absolute atomic E-state index is 0.247. The van der Waals surface area contributed by atoms with Gasteiger partial charge in [-0.3, -0.25) is 11.3 Å². The van der Waals surface area contributed by atoms with E-state index in [0.717, 1.165) is 28.8 Å². The number of hydrogen-bond donors (Lipinski definition) is 2. The fourth-order valence-electron chi connectivity index (χ4n) is 2.78. The molecule has 4 heteroatoms. The first-order valence-electron chi connectivity index (χ1n) is 6.90. The van der Waals surface area contributed by atoms with E-state index in [1.807, 2.05) is 20.8 Å². The van der Waals surface area contributed by atoms with Gasteiger partial charge in [-0.1, -0.05) is 17.7 Å². The van der Waals surface area contributed by atoms with Crippen molar-refractivity contribution in [2.75, 3.05) is 0 Å². The second-order valence-electron chi connectivity index (χ2n) is 5.47. The summed E-state index contributed by atoms with van der Waals surface area (Å²) < 4.78 is 27.3. The molecule has 0 saturated carbocycles. The van der Waals surface area contributed by atoms with E-state index in [9.17, 15) is 8.78 Å². The normalized spacial score (nSPS) is 12.5. The van der Waals surface area contributed by atoms with Gasteiger partial charge in [0.1, 0.15) is 11.6 Å². The predicted octanol–water partition coefficient (Wildman–Crippen LogP) is 3.64. The highest BCUT2D eigenvalue weighted by atomic mass is 19.1. The fraction of sp³-hybridized carbons (Fsp3) is 0.294. The molecule has 21 heavy (non-hydrogen) atoms. The van der Waals surface area contributed by atoms with Crippen LogP contribution in [0, 0.1) is 32.4 Å². The van der Waals surface area contributed by atoms with E-state index >= 15 is 0 Å². The number of benzene rings is 2. The number of aryl methyl sites for hydroxylation is 3. The molecule has 1 atom stereocenters. The van der Waals surface area contributed by atoms with Crippen LogP contribution in [0.5, 0.6) is 0 Å². The van der Waals surface area contributed by atoms with Crippen LogP contribution in [0.25, 0.3) is 0 Å². The van der Waals surface area contributed by atoms with Crippen LogP contribution in [0.2, 0.25) is 0 Å². The molecule has 0 aliphatic rings. The van der Waals surface area contributed by atoms with Gasteiger partial charge in [-0.2, -0.15) is 0 Å². The smallest absolute Gasteiger partial charge is 0.128 e. The van der Waals surface area contributed by atoms with Gasteiger partial charge in [0.15, 0.2) is 0 Å². The summed E-state index contributed by atoms with van der Waals surface area (Å²) in [6.07, 6.45) is 0.509. The first-order valence-corrected chi connectivity index (χ1v) is 6.90. The third kappa shape index (κ3) is 3.46. The Labute approximate surface area is 124 Å². The van der Waals surface area contributed by atoms with Crippen molar-refractivity contribution in [2.24, 2.45) is 5.84 Å². The number of nitrogens with two attached hydrogens (primary N) is 1. The van der Waals surface area contributed by atoms with Gasteiger partial charge in [0.05, 0.1) is 6.04 Å². The molecule has 1 unspecified atom stereocenters. The molecule has 0 fully saturated rings. The predicted molar refractivity (Wildman–Crippen MR) is 80.8 cm³/mol. The molecule has 0 saturated heterocycles. The zero-order valence-electron chi connectivity index (χ0n) is 12.5. The third-order valence-corrected chi connectivity index (χ3v) is 3.78. The lowest BCUT2D eigenvalue weighted by molar-refractivity contribution is 0.501. The number of hydrogen-bond acceptors (Lipinski definition) is 2. The van der Waals surface area contributed by atoms with Crippen molar-refractivity contribution < 1.29 is 8.78 Å². The molecule has 0 aliphatic heterocycles. The summed E-state index contributed by atoms with van der Waals surface area (Å²) in [5.41, 5.74) is 7.39. The van der Waals surface area contributed by atoms with Crippen molar-refractivity contribution in [3.8, 4) is 0 Å². The van der Waals surface area contributed by atoms with Crippen molar-refractivity contribution in [3.05, 3.63) is 69.8 Å². The van der Waals surface area contributed by atoms with Crippen LogP contribution in [0.1, 0.15) is 33.9 Å². The molecule has 0 heterocycles. The van der Waals surface area contributed by atoms with Crippen molar-refractivity contribution in [3.63, 3.8) is 0 Å². The molecule has 0 aromatic heterocycles. The summed E-state index contributed by atoms with van der Waals surface area (Å²) in [7, 11) is 0. The minimum atomic E-state index is -0.471. The van der Waals surface area contributed by atoms with Crippen LogP contribution in [-0.2, 0) is 6.42 Å². The Hall–Kier alpha value is -1.78. The van der Waals surface area contributed by atoms with Gasteiger partial charge in [0.2, 0.25) is 0 Å². The van der Waals surface area contributed by atoms with E-state index in [2.05, 4.69) is 17.6 Å². The van der Waals surface area contributed by atoms with E-state index in [4.69, 9.17) is 5.84 Å². The molecule has 2 aromatic carbocycles. The zero-order chi connectivity index (χ0) is 15.6. The Kier molecular flexibility index (Phi) is 4.70. The van der Waals surface area contributed by atoms with Crippen LogP contribution in [-0.4, -0.2) is 0 Å². The van der Waals surface area contributed by atoms with Crippen LogP contribution < -0.4 is 11.3 Å². The Balaban J connectivity index is 2.38. The summed E-state index contributed by atoms with van der Waals surface area (Å²) in [5, 5.41) is 0. The van der Waals surface area contributed by atoms with E-state index < -0.39 is 17.7 Å². The minimum Gasteiger partial charge on any atom is -0.271 e. The van der Waals surface area contributed by atoms with Crippen molar-refractivity contribution in [2.45, 2.75) is 33.2 Å². The Morgan fingerprint density at radius 3 is 2.24 bits per heavy atom. The van der Waals surface area contributed by atoms with Gasteiger partial charge in [0.25, 0.3) is 0 Å². The van der Waals surface area contributed by atoms with Gasteiger partial charge in [-0.15, -0.1) is 0 Å². The second kappa shape index (κ2) is 6.33. The maximum Gasteiger partial charge on any atom is 0.128 e. The molecule has 3 N–H and O–H groups in total. The molecule has 0 aliphatic carbocycles. The average Bonchev–Trinajstić information content (AvgIpc) is 2.41. The number of nitrogens with one attached hydrogen (secondary N) is 1. The summed E-state index contributed by atoms with van der Waals surface area (Å²) >= 11 is 0. The van der Waals surface area contributed by atoms with Gasteiger partial charge in [-0.05, 0) is 62.1 Å². The molecule has 2 rings (SSSR count). The highest BCUT2D eigenvalue weighted by Crippen LogP contribution is 2.25. The lowest BCUT2D eigenvalue weighted by Crippen LogP contribution is -2.30. The van der Waals surface area contributed by atoms with Crippen molar-refractivity contribution in [1.29, 1.82) is 0 Å². The first kappa shape index (κ1) is 15.6. The van der Waals surface area contributed by atoms with Gasteiger partial charge >= 0.3 is 0 Å².